The van der Waals surface area contributed by atoms with E-state index in [0.717, 1.165) is 31.1 Å². The molecule has 0 aliphatic carbocycles. The predicted octanol–water partition coefficient (Wildman–Crippen LogP) is 5.40. The van der Waals surface area contributed by atoms with Gasteiger partial charge in [0.05, 0.1) is 9.64 Å². The molecule has 2 fully saturated rings. The van der Waals surface area contributed by atoms with Crippen LogP contribution < -0.4 is 4.74 Å². The molecule has 0 N–H and O–H groups in total. The number of rotatable bonds is 7. The largest absolute Gasteiger partial charge is 0.457 e. The maximum Gasteiger partial charge on any atom is 0.185 e. The Bertz CT molecular complexity index is 1140. The molecule has 32 heavy (non-hydrogen) atoms. The SMILES string of the molecule is O=S(=O)(c1ccc(Oc2ccccc2)cc1)C1(C2CS2)CCN(Cc2ccccc2)CC1. The quantitative estimate of drug-likeness (QED) is 0.437. The fourth-order valence-electron chi connectivity index (χ4n) is 4.59. The molecule has 2 aliphatic rings. The van der Waals surface area contributed by atoms with Crippen molar-refractivity contribution in [1.29, 1.82) is 0 Å². The van der Waals surface area contributed by atoms with E-state index in [1.54, 1.807) is 36.0 Å². The van der Waals surface area contributed by atoms with Gasteiger partial charge in [0.2, 0.25) is 0 Å². The summed E-state index contributed by atoms with van der Waals surface area (Å²) in [7, 11) is -3.45. The fraction of sp³-hybridized carbons (Fsp3) is 0.308. The molecule has 0 amide bonds. The number of likely N-dealkylation sites (tertiary alicyclic amines) is 1. The lowest BCUT2D eigenvalue weighted by Crippen LogP contribution is -2.52. The summed E-state index contributed by atoms with van der Waals surface area (Å²) in [6, 6.07) is 26.9. The van der Waals surface area contributed by atoms with Gasteiger partial charge in [0.25, 0.3) is 0 Å². The van der Waals surface area contributed by atoms with Gasteiger partial charge in [0.1, 0.15) is 11.5 Å². The Balaban J connectivity index is 1.32. The molecule has 0 radical (unpaired) electrons. The average molecular weight is 466 g/mol. The minimum Gasteiger partial charge on any atom is -0.457 e. The number of hydrogen-bond donors (Lipinski definition) is 0. The number of piperidine rings is 1. The molecular formula is C26H27NO3S2. The van der Waals surface area contributed by atoms with Gasteiger partial charge in [-0.3, -0.25) is 4.90 Å². The normalized spacial score (nSPS) is 20.6. The lowest BCUT2D eigenvalue weighted by molar-refractivity contribution is 0.190. The minimum atomic E-state index is -3.45. The molecule has 0 spiro atoms. The molecule has 166 valence electrons. The molecule has 1 atom stereocenters. The van der Waals surface area contributed by atoms with Gasteiger partial charge in [-0.25, -0.2) is 8.42 Å². The van der Waals surface area contributed by atoms with Gasteiger partial charge in [-0.2, -0.15) is 11.8 Å². The van der Waals surface area contributed by atoms with Crippen molar-refractivity contribution in [2.24, 2.45) is 0 Å². The molecule has 6 heteroatoms. The lowest BCUT2D eigenvalue weighted by atomic mass is 9.92. The second kappa shape index (κ2) is 8.93. The number of nitrogens with zero attached hydrogens (tertiary/aromatic N) is 1. The van der Waals surface area contributed by atoms with Gasteiger partial charge in [0.15, 0.2) is 9.84 Å². The van der Waals surface area contributed by atoms with Crippen LogP contribution in [0.25, 0.3) is 0 Å². The first-order valence-electron chi connectivity index (χ1n) is 11.0. The van der Waals surface area contributed by atoms with Gasteiger partial charge in [0, 0.05) is 30.6 Å². The molecule has 3 aromatic carbocycles. The lowest BCUT2D eigenvalue weighted by Gasteiger charge is -2.41. The molecule has 0 saturated carbocycles. The number of ether oxygens (including phenoxy) is 1. The highest BCUT2D eigenvalue weighted by Gasteiger charge is 2.56. The van der Waals surface area contributed by atoms with E-state index in [1.165, 1.54) is 5.56 Å². The molecule has 0 aromatic heterocycles. The Labute approximate surface area is 194 Å². The van der Waals surface area contributed by atoms with Crippen molar-refractivity contribution < 1.29 is 13.2 Å². The van der Waals surface area contributed by atoms with Crippen molar-refractivity contribution in [3.63, 3.8) is 0 Å². The van der Waals surface area contributed by atoms with Crippen molar-refractivity contribution in [3.8, 4) is 11.5 Å². The zero-order valence-electron chi connectivity index (χ0n) is 17.9. The summed E-state index contributed by atoms with van der Waals surface area (Å²) in [5, 5.41) is 0.201. The summed E-state index contributed by atoms with van der Waals surface area (Å²) in [6.45, 7) is 2.49. The third kappa shape index (κ3) is 4.32. The standard InChI is InChI=1S/C26H27NO3S2/c28-32(29,24-13-11-23(12-14-24)30-22-9-5-2-6-10-22)26(25-20-31-25)15-17-27(18-16-26)19-21-7-3-1-4-8-21/h1-14,25H,15-20H2. The van der Waals surface area contributed by atoms with Crippen molar-refractivity contribution >= 4 is 21.6 Å². The minimum absolute atomic E-state index is 0.201. The van der Waals surface area contributed by atoms with Crippen LogP contribution in [0.5, 0.6) is 11.5 Å². The zero-order chi connectivity index (χ0) is 22.0. The monoisotopic (exact) mass is 465 g/mol. The summed E-state index contributed by atoms with van der Waals surface area (Å²) < 4.78 is 32.9. The first-order valence-corrected chi connectivity index (χ1v) is 13.6. The number of para-hydroxylation sites is 1. The Kier molecular flexibility index (Phi) is 6.01. The van der Waals surface area contributed by atoms with Crippen LogP contribution in [0.4, 0.5) is 0 Å². The van der Waals surface area contributed by atoms with Crippen molar-refractivity contribution in [2.75, 3.05) is 18.8 Å². The van der Waals surface area contributed by atoms with Gasteiger partial charge >= 0.3 is 0 Å². The van der Waals surface area contributed by atoms with Gasteiger partial charge < -0.3 is 4.74 Å². The first-order chi connectivity index (χ1) is 15.6. The van der Waals surface area contributed by atoms with Gasteiger partial charge in [-0.1, -0.05) is 48.5 Å². The first kappa shape index (κ1) is 21.6. The highest BCUT2D eigenvalue weighted by atomic mass is 32.2. The molecule has 4 nitrogen and oxygen atoms in total. The molecule has 2 saturated heterocycles. The number of thioether (sulfide) groups is 1. The smallest absolute Gasteiger partial charge is 0.185 e. The van der Waals surface area contributed by atoms with E-state index >= 15 is 0 Å². The van der Waals surface area contributed by atoms with E-state index in [9.17, 15) is 8.42 Å². The van der Waals surface area contributed by atoms with Crippen LogP contribution in [-0.4, -0.2) is 42.2 Å². The Morgan fingerprint density at radius 2 is 1.41 bits per heavy atom. The zero-order valence-corrected chi connectivity index (χ0v) is 19.5. The van der Waals surface area contributed by atoms with E-state index in [1.807, 2.05) is 36.4 Å². The second-order valence-electron chi connectivity index (χ2n) is 8.54. The van der Waals surface area contributed by atoms with E-state index in [0.29, 0.717) is 23.5 Å². The molecule has 2 aliphatic heterocycles. The Morgan fingerprint density at radius 1 is 0.844 bits per heavy atom. The summed E-state index contributed by atoms with van der Waals surface area (Å²) in [4.78, 5) is 2.79. The maximum absolute atomic E-state index is 13.9. The predicted molar refractivity (Wildman–Crippen MR) is 130 cm³/mol. The Hall–Kier alpha value is -2.28. The topological polar surface area (TPSA) is 46.6 Å². The number of benzene rings is 3. The van der Waals surface area contributed by atoms with Crippen LogP contribution in [0, 0.1) is 0 Å². The van der Waals surface area contributed by atoms with E-state index in [4.69, 9.17) is 4.74 Å². The van der Waals surface area contributed by atoms with Crippen LogP contribution in [0.15, 0.2) is 89.8 Å². The summed E-state index contributed by atoms with van der Waals surface area (Å²) in [6.07, 6.45) is 1.37. The average Bonchev–Trinajstić information content (AvgIpc) is 3.67. The third-order valence-corrected chi connectivity index (χ3v) is 10.4. The highest BCUT2D eigenvalue weighted by Crippen LogP contribution is 2.51. The van der Waals surface area contributed by atoms with Crippen LogP contribution in [0.1, 0.15) is 18.4 Å². The van der Waals surface area contributed by atoms with Crippen molar-refractivity contribution in [2.45, 2.75) is 34.3 Å². The molecular weight excluding hydrogens is 438 g/mol. The maximum atomic E-state index is 13.9. The van der Waals surface area contributed by atoms with Crippen LogP contribution in [-0.2, 0) is 16.4 Å². The van der Waals surface area contributed by atoms with Gasteiger partial charge in [-0.05, 0) is 54.8 Å². The highest BCUT2D eigenvalue weighted by molar-refractivity contribution is 8.08. The van der Waals surface area contributed by atoms with E-state index in [2.05, 4.69) is 29.2 Å². The van der Waals surface area contributed by atoms with Crippen molar-refractivity contribution in [1.82, 2.24) is 4.90 Å². The molecule has 1 unspecified atom stereocenters. The molecule has 5 rings (SSSR count). The fourth-order valence-corrected chi connectivity index (χ4v) is 8.35. The van der Waals surface area contributed by atoms with E-state index in [-0.39, 0.29) is 5.25 Å². The molecule has 0 bridgehead atoms. The second-order valence-corrected chi connectivity index (χ2v) is 12.1. The van der Waals surface area contributed by atoms with Crippen LogP contribution in [0.2, 0.25) is 0 Å². The van der Waals surface area contributed by atoms with Crippen molar-refractivity contribution in [3.05, 3.63) is 90.5 Å². The number of hydrogen-bond acceptors (Lipinski definition) is 5. The summed E-state index contributed by atoms with van der Waals surface area (Å²) in [5.74, 6) is 2.31. The third-order valence-electron chi connectivity index (χ3n) is 6.52. The van der Waals surface area contributed by atoms with Crippen LogP contribution in [0.3, 0.4) is 0 Å². The summed E-state index contributed by atoms with van der Waals surface area (Å²) >= 11 is 1.78. The summed E-state index contributed by atoms with van der Waals surface area (Å²) in [5.41, 5.74) is 1.28. The Morgan fingerprint density at radius 3 is 2.00 bits per heavy atom. The van der Waals surface area contributed by atoms with E-state index < -0.39 is 14.6 Å². The molecule has 2 heterocycles. The van der Waals surface area contributed by atoms with Gasteiger partial charge in [-0.15, -0.1) is 0 Å². The van der Waals surface area contributed by atoms with Crippen LogP contribution >= 0.6 is 11.8 Å². The molecule has 3 aromatic rings. The number of sulfone groups is 1.